The summed E-state index contributed by atoms with van der Waals surface area (Å²) in [5, 5.41) is 0.668. The molecule has 0 aliphatic heterocycles. The third-order valence-corrected chi connectivity index (χ3v) is 7.16. The molecule has 222 valence electrons. The van der Waals surface area contributed by atoms with E-state index in [4.69, 9.17) is 41.3 Å². The SMILES string of the molecule is CCOC(=O)CCc1ccc(OCCc2nc3ccc(Oc4ccc(N)cc4)cc3n2C)cc1OCc1ccc(Cl)cc1. The second-order valence-corrected chi connectivity index (χ2v) is 10.4. The van der Waals surface area contributed by atoms with E-state index in [0.717, 1.165) is 33.7 Å². The maximum Gasteiger partial charge on any atom is 0.306 e. The molecule has 2 N–H and O–H groups in total. The fraction of sp³-hybridized carbons (Fsp3) is 0.235. The molecule has 5 rings (SSSR count). The van der Waals surface area contributed by atoms with Crippen molar-refractivity contribution < 1.29 is 23.7 Å². The van der Waals surface area contributed by atoms with Crippen molar-refractivity contribution in [1.29, 1.82) is 0 Å². The molecule has 0 spiro atoms. The van der Waals surface area contributed by atoms with Crippen LogP contribution >= 0.6 is 11.6 Å². The molecule has 0 atom stereocenters. The smallest absolute Gasteiger partial charge is 0.306 e. The number of rotatable bonds is 13. The van der Waals surface area contributed by atoms with Gasteiger partial charge in [-0.1, -0.05) is 29.8 Å². The number of anilines is 1. The Bertz CT molecular complexity index is 1680. The van der Waals surface area contributed by atoms with Crippen LogP contribution in [0.2, 0.25) is 5.02 Å². The van der Waals surface area contributed by atoms with Crippen LogP contribution in [0.4, 0.5) is 5.69 Å². The minimum atomic E-state index is -0.238. The summed E-state index contributed by atoms with van der Waals surface area (Å²) in [6.45, 7) is 2.93. The van der Waals surface area contributed by atoms with Crippen molar-refractivity contribution in [3.8, 4) is 23.0 Å². The van der Waals surface area contributed by atoms with Crippen molar-refractivity contribution in [1.82, 2.24) is 9.55 Å². The summed E-state index contributed by atoms with van der Waals surface area (Å²) in [5.74, 6) is 3.42. The number of carbonyl (C=O) groups is 1. The van der Waals surface area contributed by atoms with Crippen LogP contribution in [-0.2, 0) is 36.0 Å². The molecular weight excluding hydrogens is 566 g/mol. The van der Waals surface area contributed by atoms with Crippen molar-refractivity contribution >= 4 is 34.3 Å². The number of ether oxygens (including phenoxy) is 4. The lowest BCUT2D eigenvalue weighted by Crippen LogP contribution is -2.08. The number of aromatic nitrogens is 2. The number of hydrogen-bond acceptors (Lipinski definition) is 7. The fourth-order valence-corrected chi connectivity index (χ4v) is 4.74. The van der Waals surface area contributed by atoms with Crippen LogP contribution < -0.4 is 19.9 Å². The van der Waals surface area contributed by atoms with E-state index in [1.165, 1.54) is 0 Å². The van der Waals surface area contributed by atoms with Crippen LogP contribution in [0.1, 0.15) is 30.3 Å². The van der Waals surface area contributed by atoms with Crippen LogP contribution in [0.3, 0.4) is 0 Å². The Hall–Kier alpha value is -4.69. The highest BCUT2D eigenvalue weighted by Gasteiger charge is 2.13. The number of halogens is 1. The normalized spacial score (nSPS) is 11.0. The highest BCUT2D eigenvalue weighted by molar-refractivity contribution is 6.30. The van der Waals surface area contributed by atoms with Gasteiger partial charge in [0, 0.05) is 42.7 Å². The number of benzene rings is 4. The third kappa shape index (κ3) is 7.99. The van der Waals surface area contributed by atoms with E-state index in [1.807, 2.05) is 96.5 Å². The van der Waals surface area contributed by atoms with Crippen LogP contribution in [0.25, 0.3) is 11.0 Å². The molecule has 9 heteroatoms. The average Bonchev–Trinajstić information content (AvgIpc) is 3.32. The molecular formula is C34H34ClN3O5. The number of hydrogen-bond donors (Lipinski definition) is 1. The maximum absolute atomic E-state index is 12.0. The lowest BCUT2D eigenvalue weighted by Gasteiger charge is -2.14. The van der Waals surface area contributed by atoms with Crippen molar-refractivity contribution in [2.24, 2.45) is 7.05 Å². The third-order valence-electron chi connectivity index (χ3n) is 6.91. The first-order valence-corrected chi connectivity index (χ1v) is 14.5. The van der Waals surface area contributed by atoms with Gasteiger partial charge in [-0.05, 0) is 79.1 Å². The number of aryl methyl sites for hydroxylation is 2. The molecule has 1 aromatic heterocycles. The van der Waals surface area contributed by atoms with Crippen molar-refractivity contribution in [2.45, 2.75) is 32.8 Å². The van der Waals surface area contributed by atoms with Gasteiger partial charge in [0.05, 0.1) is 24.2 Å². The zero-order valence-corrected chi connectivity index (χ0v) is 25.0. The van der Waals surface area contributed by atoms with Gasteiger partial charge in [-0.25, -0.2) is 4.98 Å². The number of nitrogens with two attached hydrogens (primary N) is 1. The molecule has 0 saturated carbocycles. The molecule has 43 heavy (non-hydrogen) atoms. The quantitative estimate of drug-likeness (QED) is 0.112. The minimum absolute atomic E-state index is 0.238. The summed E-state index contributed by atoms with van der Waals surface area (Å²) in [5.41, 5.74) is 10.2. The number of imidazole rings is 1. The van der Waals surface area contributed by atoms with Crippen molar-refractivity contribution in [3.05, 3.63) is 107 Å². The standard InChI is InChI=1S/C34H34ClN3O5/c1-3-40-34(39)17-7-24-6-12-28(21-32(24)42-22-23-4-8-25(35)9-5-23)41-19-18-33-37-30-16-15-29(20-31(30)38(33)2)43-27-13-10-26(36)11-14-27/h4-6,8-16,20-21H,3,7,17-19,22,36H2,1-2H3. The van der Waals surface area contributed by atoms with Gasteiger partial charge >= 0.3 is 5.97 Å². The number of carbonyl (C=O) groups excluding carboxylic acids is 1. The first kappa shape index (κ1) is 29.8. The van der Waals surface area contributed by atoms with Gasteiger partial charge in [-0.15, -0.1) is 0 Å². The first-order chi connectivity index (χ1) is 20.9. The summed E-state index contributed by atoms with van der Waals surface area (Å²) in [7, 11) is 1.98. The molecule has 0 unspecified atom stereocenters. The van der Waals surface area contributed by atoms with Gasteiger partial charge in [-0.3, -0.25) is 4.79 Å². The van der Waals surface area contributed by atoms with Gasteiger partial charge in [-0.2, -0.15) is 0 Å². The van der Waals surface area contributed by atoms with E-state index >= 15 is 0 Å². The molecule has 0 aliphatic rings. The van der Waals surface area contributed by atoms with E-state index < -0.39 is 0 Å². The topological polar surface area (TPSA) is 97.8 Å². The average molecular weight is 600 g/mol. The lowest BCUT2D eigenvalue weighted by molar-refractivity contribution is -0.143. The summed E-state index contributed by atoms with van der Waals surface area (Å²) >= 11 is 6.02. The summed E-state index contributed by atoms with van der Waals surface area (Å²) in [4.78, 5) is 16.8. The van der Waals surface area contributed by atoms with Crippen LogP contribution in [0.15, 0.2) is 84.9 Å². The van der Waals surface area contributed by atoms with E-state index in [2.05, 4.69) is 0 Å². The summed E-state index contributed by atoms with van der Waals surface area (Å²) in [6.07, 6.45) is 1.37. The van der Waals surface area contributed by atoms with Crippen LogP contribution in [0.5, 0.6) is 23.0 Å². The predicted octanol–water partition coefficient (Wildman–Crippen LogP) is 7.30. The highest BCUT2D eigenvalue weighted by atomic mass is 35.5. The molecule has 5 aromatic rings. The molecule has 0 radical (unpaired) electrons. The number of nitrogens with zero attached hydrogens (tertiary/aromatic N) is 2. The predicted molar refractivity (Wildman–Crippen MR) is 168 cm³/mol. The van der Waals surface area contributed by atoms with Gasteiger partial charge in [0.1, 0.15) is 35.4 Å². The Balaban J connectivity index is 1.24. The zero-order valence-electron chi connectivity index (χ0n) is 24.2. The second-order valence-electron chi connectivity index (χ2n) is 10.00. The maximum atomic E-state index is 12.0. The fourth-order valence-electron chi connectivity index (χ4n) is 4.62. The van der Waals surface area contributed by atoms with Gasteiger partial charge < -0.3 is 29.2 Å². The molecule has 0 aliphatic carbocycles. The lowest BCUT2D eigenvalue weighted by atomic mass is 10.1. The monoisotopic (exact) mass is 599 g/mol. The Morgan fingerprint density at radius 1 is 0.884 bits per heavy atom. The molecule has 0 fully saturated rings. The summed E-state index contributed by atoms with van der Waals surface area (Å²) in [6, 6.07) is 26.3. The molecule has 0 amide bonds. The van der Waals surface area contributed by atoms with Gasteiger partial charge in [0.15, 0.2) is 0 Å². The first-order valence-electron chi connectivity index (χ1n) is 14.2. The minimum Gasteiger partial charge on any atom is -0.493 e. The Kier molecular flexibility index (Phi) is 9.69. The van der Waals surface area contributed by atoms with Crippen molar-refractivity contribution in [2.75, 3.05) is 18.9 Å². The Morgan fingerprint density at radius 2 is 1.63 bits per heavy atom. The number of nitrogen functional groups attached to an aromatic ring is 1. The molecule has 4 aromatic carbocycles. The van der Waals surface area contributed by atoms with E-state index in [9.17, 15) is 4.79 Å². The number of esters is 1. The summed E-state index contributed by atoms with van der Waals surface area (Å²) < 4.78 is 25.4. The molecule has 0 saturated heterocycles. The van der Waals surface area contributed by atoms with E-state index in [-0.39, 0.29) is 12.4 Å². The van der Waals surface area contributed by atoms with Crippen LogP contribution in [0, 0.1) is 0 Å². The van der Waals surface area contributed by atoms with Crippen molar-refractivity contribution in [3.63, 3.8) is 0 Å². The number of fused-ring (bicyclic) bond motifs is 1. The molecule has 0 bridgehead atoms. The zero-order chi connectivity index (χ0) is 30.2. The molecule has 8 nitrogen and oxygen atoms in total. The highest BCUT2D eigenvalue weighted by Crippen LogP contribution is 2.29. The Labute approximate surface area is 255 Å². The largest absolute Gasteiger partial charge is 0.493 e. The Morgan fingerprint density at radius 3 is 2.40 bits per heavy atom. The van der Waals surface area contributed by atoms with Crippen LogP contribution in [-0.4, -0.2) is 28.7 Å². The second kappa shape index (κ2) is 14.0. The van der Waals surface area contributed by atoms with Gasteiger partial charge in [0.25, 0.3) is 0 Å². The van der Waals surface area contributed by atoms with E-state index in [0.29, 0.717) is 60.6 Å². The van der Waals surface area contributed by atoms with Gasteiger partial charge in [0.2, 0.25) is 0 Å². The molecule has 1 heterocycles. The van der Waals surface area contributed by atoms with E-state index in [1.54, 1.807) is 6.92 Å².